The van der Waals surface area contributed by atoms with Crippen molar-refractivity contribution >= 4 is 28.7 Å². The Balaban J connectivity index is 2.31. The summed E-state index contributed by atoms with van der Waals surface area (Å²) in [6, 6.07) is 11.7. The summed E-state index contributed by atoms with van der Waals surface area (Å²) in [5.41, 5.74) is 10.9. The van der Waals surface area contributed by atoms with Gasteiger partial charge in [-0.05, 0) is 49.2 Å². The number of rotatable bonds is 2. The lowest BCUT2D eigenvalue weighted by molar-refractivity contribution is 1.41. The number of nitrogens with one attached hydrogen (secondary N) is 1. The van der Waals surface area contributed by atoms with Crippen LogP contribution in [0, 0.1) is 13.8 Å². The van der Waals surface area contributed by atoms with E-state index in [1.54, 1.807) is 0 Å². The highest BCUT2D eigenvalue weighted by molar-refractivity contribution is 6.30. The lowest BCUT2D eigenvalue weighted by Gasteiger charge is -2.11. The first-order valence-corrected chi connectivity index (χ1v) is 5.83. The van der Waals surface area contributed by atoms with Crippen molar-refractivity contribution in [2.45, 2.75) is 13.8 Å². The SMILES string of the molecule is Cc1ccc(Nc2cc(Cl)ccc2C)cc1N. The summed E-state index contributed by atoms with van der Waals surface area (Å²) >= 11 is 5.97. The first-order valence-electron chi connectivity index (χ1n) is 5.45. The Labute approximate surface area is 106 Å². The highest BCUT2D eigenvalue weighted by Crippen LogP contribution is 2.25. The largest absolute Gasteiger partial charge is 0.398 e. The van der Waals surface area contributed by atoms with Gasteiger partial charge < -0.3 is 11.1 Å². The maximum atomic E-state index is 5.97. The van der Waals surface area contributed by atoms with E-state index in [4.69, 9.17) is 17.3 Å². The van der Waals surface area contributed by atoms with E-state index < -0.39 is 0 Å². The molecule has 0 radical (unpaired) electrons. The summed E-state index contributed by atoms with van der Waals surface area (Å²) in [6.45, 7) is 4.03. The Morgan fingerprint density at radius 2 is 1.71 bits per heavy atom. The van der Waals surface area contributed by atoms with Gasteiger partial charge in [0.2, 0.25) is 0 Å². The first kappa shape index (κ1) is 11.8. The summed E-state index contributed by atoms with van der Waals surface area (Å²) in [6.07, 6.45) is 0. The second-order valence-electron chi connectivity index (χ2n) is 4.16. The lowest BCUT2D eigenvalue weighted by atomic mass is 10.1. The zero-order valence-corrected chi connectivity index (χ0v) is 10.7. The Morgan fingerprint density at radius 1 is 1.00 bits per heavy atom. The van der Waals surface area contributed by atoms with Crippen LogP contribution in [0.15, 0.2) is 36.4 Å². The average Bonchev–Trinajstić information content (AvgIpc) is 2.29. The molecule has 0 saturated carbocycles. The number of hydrogen-bond acceptors (Lipinski definition) is 2. The molecule has 0 amide bonds. The molecule has 0 bridgehead atoms. The topological polar surface area (TPSA) is 38.0 Å². The van der Waals surface area contributed by atoms with Gasteiger partial charge in [0.15, 0.2) is 0 Å². The van der Waals surface area contributed by atoms with Gasteiger partial charge in [-0.1, -0.05) is 23.7 Å². The molecule has 2 nitrogen and oxygen atoms in total. The number of nitrogens with two attached hydrogens (primary N) is 1. The molecule has 0 saturated heterocycles. The predicted molar refractivity (Wildman–Crippen MR) is 75.1 cm³/mol. The molecule has 0 spiro atoms. The van der Waals surface area contributed by atoms with Crippen molar-refractivity contribution in [1.29, 1.82) is 0 Å². The van der Waals surface area contributed by atoms with E-state index in [2.05, 4.69) is 5.32 Å². The number of nitrogen functional groups attached to an aromatic ring is 1. The Hall–Kier alpha value is -1.67. The summed E-state index contributed by atoms with van der Waals surface area (Å²) in [7, 11) is 0. The number of halogens is 1. The fraction of sp³-hybridized carbons (Fsp3) is 0.143. The van der Waals surface area contributed by atoms with Gasteiger partial charge in [-0.2, -0.15) is 0 Å². The third-order valence-electron chi connectivity index (χ3n) is 2.76. The van der Waals surface area contributed by atoms with E-state index in [1.807, 2.05) is 50.2 Å². The Kier molecular flexibility index (Phi) is 3.25. The number of anilines is 3. The third kappa shape index (κ3) is 2.71. The van der Waals surface area contributed by atoms with Crippen LogP contribution in [-0.4, -0.2) is 0 Å². The minimum Gasteiger partial charge on any atom is -0.398 e. The highest BCUT2D eigenvalue weighted by atomic mass is 35.5. The van der Waals surface area contributed by atoms with Gasteiger partial charge in [0.1, 0.15) is 0 Å². The molecule has 2 rings (SSSR count). The van der Waals surface area contributed by atoms with E-state index >= 15 is 0 Å². The van der Waals surface area contributed by atoms with Crippen molar-refractivity contribution < 1.29 is 0 Å². The molecule has 0 aliphatic heterocycles. The molecule has 2 aromatic rings. The number of aryl methyl sites for hydroxylation is 2. The minimum atomic E-state index is 0.721. The molecule has 2 aromatic carbocycles. The van der Waals surface area contributed by atoms with Crippen LogP contribution in [0.5, 0.6) is 0 Å². The summed E-state index contributed by atoms with van der Waals surface area (Å²) < 4.78 is 0. The molecule has 0 aliphatic carbocycles. The van der Waals surface area contributed by atoms with Gasteiger partial charge in [0.05, 0.1) is 0 Å². The van der Waals surface area contributed by atoms with Crippen molar-refractivity contribution in [2.24, 2.45) is 0 Å². The smallest absolute Gasteiger partial charge is 0.0428 e. The molecular formula is C14H15ClN2. The normalized spacial score (nSPS) is 10.3. The Morgan fingerprint density at radius 3 is 2.41 bits per heavy atom. The minimum absolute atomic E-state index is 0.721. The van der Waals surface area contributed by atoms with Gasteiger partial charge in [-0.25, -0.2) is 0 Å². The molecule has 0 unspecified atom stereocenters. The molecule has 0 aromatic heterocycles. The van der Waals surface area contributed by atoms with Crippen LogP contribution in [-0.2, 0) is 0 Å². The summed E-state index contributed by atoms with van der Waals surface area (Å²) in [5.74, 6) is 0. The molecule has 0 heterocycles. The molecule has 3 heteroatoms. The van der Waals surface area contributed by atoms with Crippen molar-refractivity contribution in [2.75, 3.05) is 11.1 Å². The second kappa shape index (κ2) is 4.68. The molecule has 0 aliphatic rings. The standard InChI is InChI=1S/C14H15ClN2/c1-9-4-6-12(8-13(9)16)17-14-7-11(15)5-3-10(14)2/h3-8,17H,16H2,1-2H3. The second-order valence-corrected chi connectivity index (χ2v) is 4.59. The molecular weight excluding hydrogens is 232 g/mol. The quantitative estimate of drug-likeness (QED) is 0.776. The Bertz CT molecular complexity index is 550. The van der Waals surface area contributed by atoms with E-state index in [-0.39, 0.29) is 0 Å². The third-order valence-corrected chi connectivity index (χ3v) is 2.99. The van der Waals surface area contributed by atoms with Crippen LogP contribution < -0.4 is 11.1 Å². The van der Waals surface area contributed by atoms with Crippen LogP contribution in [0.25, 0.3) is 0 Å². The van der Waals surface area contributed by atoms with Gasteiger partial charge in [-0.15, -0.1) is 0 Å². The average molecular weight is 247 g/mol. The van der Waals surface area contributed by atoms with E-state index in [1.165, 1.54) is 0 Å². The van der Waals surface area contributed by atoms with Crippen LogP contribution in [0.1, 0.15) is 11.1 Å². The molecule has 0 atom stereocenters. The van der Waals surface area contributed by atoms with Gasteiger partial charge in [0, 0.05) is 22.1 Å². The maximum absolute atomic E-state index is 5.97. The molecule has 88 valence electrons. The number of hydrogen-bond donors (Lipinski definition) is 2. The molecule has 17 heavy (non-hydrogen) atoms. The summed E-state index contributed by atoms with van der Waals surface area (Å²) in [5, 5.41) is 4.04. The van der Waals surface area contributed by atoms with E-state index in [0.717, 1.165) is 33.2 Å². The molecule has 3 N–H and O–H groups in total. The fourth-order valence-electron chi connectivity index (χ4n) is 1.60. The van der Waals surface area contributed by atoms with Crippen LogP contribution in [0.4, 0.5) is 17.1 Å². The van der Waals surface area contributed by atoms with E-state index in [9.17, 15) is 0 Å². The van der Waals surface area contributed by atoms with E-state index in [0.29, 0.717) is 0 Å². The van der Waals surface area contributed by atoms with Crippen LogP contribution >= 0.6 is 11.6 Å². The van der Waals surface area contributed by atoms with Crippen molar-refractivity contribution in [3.8, 4) is 0 Å². The fourth-order valence-corrected chi connectivity index (χ4v) is 1.77. The zero-order valence-electron chi connectivity index (χ0n) is 9.92. The summed E-state index contributed by atoms with van der Waals surface area (Å²) in [4.78, 5) is 0. The van der Waals surface area contributed by atoms with Crippen molar-refractivity contribution in [1.82, 2.24) is 0 Å². The van der Waals surface area contributed by atoms with Gasteiger partial charge in [0.25, 0.3) is 0 Å². The zero-order chi connectivity index (χ0) is 12.4. The van der Waals surface area contributed by atoms with Crippen molar-refractivity contribution in [3.63, 3.8) is 0 Å². The first-order chi connectivity index (χ1) is 8.06. The van der Waals surface area contributed by atoms with Gasteiger partial charge in [-0.3, -0.25) is 0 Å². The van der Waals surface area contributed by atoms with Crippen LogP contribution in [0.3, 0.4) is 0 Å². The number of benzene rings is 2. The van der Waals surface area contributed by atoms with Crippen molar-refractivity contribution in [3.05, 3.63) is 52.5 Å². The molecule has 0 fully saturated rings. The monoisotopic (exact) mass is 246 g/mol. The highest BCUT2D eigenvalue weighted by Gasteiger charge is 2.01. The lowest BCUT2D eigenvalue weighted by Crippen LogP contribution is -1.96. The van der Waals surface area contributed by atoms with Crippen LogP contribution in [0.2, 0.25) is 5.02 Å². The maximum Gasteiger partial charge on any atom is 0.0428 e. The predicted octanol–water partition coefficient (Wildman–Crippen LogP) is 4.28. The van der Waals surface area contributed by atoms with Gasteiger partial charge >= 0.3 is 0 Å².